The summed E-state index contributed by atoms with van der Waals surface area (Å²) in [5.74, 6) is 0. The zero-order chi connectivity index (χ0) is 10.2. The summed E-state index contributed by atoms with van der Waals surface area (Å²) in [5.41, 5.74) is 5.44. The average molecular weight is 320 g/mol. The van der Waals surface area contributed by atoms with Crippen LogP contribution in [0, 0.1) is 0 Å². The lowest BCUT2D eigenvalue weighted by molar-refractivity contribution is -0.927. The van der Waals surface area contributed by atoms with Crippen molar-refractivity contribution in [1.29, 1.82) is 0 Å². The molecule has 0 aliphatic carbocycles. The molecule has 0 heterocycles. The van der Waals surface area contributed by atoms with Crippen molar-refractivity contribution in [1.82, 2.24) is 0 Å². The molecule has 5 N–H and O–H groups in total. The Morgan fingerprint density at radius 3 is 1.36 bits per heavy atom. The molecule has 0 amide bonds. The molecule has 14 heavy (non-hydrogen) atoms. The summed E-state index contributed by atoms with van der Waals surface area (Å²) >= 11 is 0. The van der Waals surface area contributed by atoms with E-state index >= 15 is 0 Å². The van der Waals surface area contributed by atoms with Crippen LogP contribution in [0.25, 0.3) is 0 Å². The molecule has 0 fully saturated rings. The van der Waals surface area contributed by atoms with E-state index in [1.807, 2.05) is 0 Å². The SMILES string of the molecule is NCC[N+](CCO)(CCO)CCO.[I-]. The van der Waals surface area contributed by atoms with E-state index in [0.717, 1.165) is 0 Å². The van der Waals surface area contributed by atoms with Gasteiger partial charge >= 0.3 is 0 Å². The van der Waals surface area contributed by atoms with E-state index in [-0.39, 0.29) is 43.8 Å². The monoisotopic (exact) mass is 320 g/mol. The van der Waals surface area contributed by atoms with Crippen molar-refractivity contribution in [2.75, 3.05) is 52.5 Å². The summed E-state index contributed by atoms with van der Waals surface area (Å²) < 4.78 is 0.500. The molecule has 0 atom stereocenters. The molecule has 0 aliphatic heterocycles. The van der Waals surface area contributed by atoms with Gasteiger partial charge in [-0.3, -0.25) is 0 Å². The minimum atomic E-state index is 0. The topological polar surface area (TPSA) is 86.7 Å². The van der Waals surface area contributed by atoms with Crippen LogP contribution in [0.4, 0.5) is 0 Å². The van der Waals surface area contributed by atoms with Gasteiger partial charge in [0.2, 0.25) is 0 Å². The molecule has 0 bridgehead atoms. The maximum absolute atomic E-state index is 8.86. The Kier molecular flexibility index (Phi) is 12.2. The summed E-state index contributed by atoms with van der Waals surface area (Å²) in [6.45, 7) is 2.97. The zero-order valence-electron chi connectivity index (χ0n) is 8.40. The fourth-order valence-corrected chi connectivity index (χ4v) is 1.58. The van der Waals surface area contributed by atoms with Gasteiger partial charge in [0.1, 0.15) is 19.6 Å². The minimum Gasteiger partial charge on any atom is -1.00 e. The molecule has 88 valence electrons. The van der Waals surface area contributed by atoms with E-state index in [9.17, 15) is 0 Å². The number of hydrogen-bond donors (Lipinski definition) is 4. The lowest BCUT2D eigenvalue weighted by Gasteiger charge is -2.37. The molecule has 0 aromatic heterocycles. The van der Waals surface area contributed by atoms with Crippen LogP contribution < -0.4 is 29.7 Å². The maximum atomic E-state index is 8.86. The third-order valence-corrected chi connectivity index (χ3v) is 2.33. The van der Waals surface area contributed by atoms with Crippen LogP contribution in [0.5, 0.6) is 0 Å². The number of hydrogen-bond acceptors (Lipinski definition) is 4. The summed E-state index contributed by atoms with van der Waals surface area (Å²) in [5, 5.41) is 26.6. The fraction of sp³-hybridized carbons (Fsp3) is 1.00. The van der Waals surface area contributed by atoms with Crippen LogP contribution in [0.15, 0.2) is 0 Å². The molecule has 0 saturated carbocycles. The second kappa shape index (κ2) is 10.1. The largest absolute Gasteiger partial charge is 1.00 e. The molecule has 0 radical (unpaired) electrons. The summed E-state index contributed by atoms with van der Waals surface area (Å²) in [7, 11) is 0. The Hall–Kier alpha value is 0.530. The minimum absolute atomic E-state index is 0. The standard InChI is InChI=1S/C8H21N2O3.HI/c9-1-2-10(3-6-11,4-7-12)5-8-13;/h11-13H,1-9H2;1H/q+1;/p-1. The van der Waals surface area contributed by atoms with Crippen molar-refractivity contribution in [2.24, 2.45) is 5.73 Å². The maximum Gasteiger partial charge on any atom is 0.102 e. The predicted octanol–water partition coefficient (Wildman–Crippen LogP) is -5.26. The Bertz CT molecular complexity index is 97.6. The molecule has 0 aliphatic rings. The summed E-state index contributed by atoms with van der Waals surface area (Å²) in [4.78, 5) is 0. The number of rotatable bonds is 8. The first-order valence-electron chi connectivity index (χ1n) is 4.62. The van der Waals surface area contributed by atoms with Gasteiger partial charge in [-0.25, -0.2) is 0 Å². The van der Waals surface area contributed by atoms with Crippen LogP contribution in [-0.4, -0.2) is 72.3 Å². The van der Waals surface area contributed by atoms with Crippen molar-refractivity contribution >= 4 is 0 Å². The Morgan fingerprint density at radius 1 is 0.786 bits per heavy atom. The van der Waals surface area contributed by atoms with Crippen LogP contribution in [0.2, 0.25) is 0 Å². The third-order valence-electron chi connectivity index (χ3n) is 2.33. The Morgan fingerprint density at radius 2 is 1.14 bits per heavy atom. The van der Waals surface area contributed by atoms with E-state index in [0.29, 0.717) is 37.2 Å². The van der Waals surface area contributed by atoms with Gasteiger partial charge < -0.3 is 49.5 Å². The van der Waals surface area contributed by atoms with Crippen LogP contribution in [-0.2, 0) is 0 Å². The lowest BCUT2D eigenvalue weighted by Crippen LogP contribution is -3.00. The first-order valence-corrected chi connectivity index (χ1v) is 4.62. The van der Waals surface area contributed by atoms with E-state index in [2.05, 4.69) is 0 Å². The fourth-order valence-electron chi connectivity index (χ4n) is 1.58. The number of halogens is 1. The quantitative estimate of drug-likeness (QED) is 0.266. The average Bonchev–Trinajstić information content (AvgIpc) is 2.06. The van der Waals surface area contributed by atoms with E-state index in [4.69, 9.17) is 21.1 Å². The van der Waals surface area contributed by atoms with Crippen LogP contribution >= 0.6 is 0 Å². The molecule has 0 spiro atoms. The van der Waals surface area contributed by atoms with Crippen molar-refractivity contribution in [3.8, 4) is 0 Å². The number of nitrogens with zero attached hydrogens (tertiary/aromatic N) is 1. The highest BCUT2D eigenvalue weighted by atomic mass is 127. The molecule has 0 unspecified atom stereocenters. The van der Waals surface area contributed by atoms with Crippen molar-refractivity contribution in [3.63, 3.8) is 0 Å². The number of nitrogens with two attached hydrogens (primary N) is 1. The first kappa shape index (κ1) is 16.9. The van der Waals surface area contributed by atoms with Gasteiger partial charge in [0.15, 0.2) is 0 Å². The highest BCUT2D eigenvalue weighted by molar-refractivity contribution is 4.45. The molecule has 0 aromatic carbocycles. The van der Waals surface area contributed by atoms with Gasteiger partial charge in [-0.2, -0.15) is 0 Å². The smallest absolute Gasteiger partial charge is 0.102 e. The Balaban J connectivity index is 0. The van der Waals surface area contributed by atoms with Crippen LogP contribution in [0.1, 0.15) is 0 Å². The normalized spacial score (nSPS) is 11.1. The number of aliphatic hydroxyl groups is 3. The van der Waals surface area contributed by atoms with Crippen molar-refractivity contribution < 1.29 is 43.8 Å². The van der Waals surface area contributed by atoms with Gasteiger partial charge in [0, 0.05) is 6.54 Å². The second-order valence-corrected chi connectivity index (χ2v) is 3.20. The van der Waals surface area contributed by atoms with E-state index < -0.39 is 0 Å². The molecule has 0 aromatic rings. The van der Waals surface area contributed by atoms with E-state index in [1.54, 1.807) is 0 Å². The first-order chi connectivity index (χ1) is 6.24. The molecular formula is C8H21IN2O3. The Labute approximate surface area is 102 Å². The molecule has 6 heteroatoms. The highest BCUT2D eigenvalue weighted by Gasteiger charge is 2.24. The van der Waals surface area contributed by atoms with Gasteiger partial charge in [0.05, 0.1) is 26.4 Å². The number of aliphatic hydroxyl groups excluding tert-OH is 3. The zero-order valence-corrected chi connectivity index (χ0v) is 10.6. The van der Waals surface area contributed by atoms with E-state index in [1.165, 1.54) is 0 Å². The summed E-state index contributed by atoms with van der Waals surface area (Å²) in [6, 6.07) is 0. The predicted molar refractivity (Wildman–Crippen MR) is 50.0 cm³/mol. The van der Waals surface area contributed by atoms with Gasteiger partial charge in [-0.1, -0.05) is 0 Å². The lowest BCUT2D eigenvalue weighted by atomic mass is 10.3. The second-order valence-electron chi connectivity index (χ2n) is 3.20. The van der Waals surface area contributed by atoms with Gasteiger partial charge in [0.25, 0.3) is 0 Å². The van der Waals surface area contributed by atoms with Crippen molar-refractivity contribution in [2.45, 2.75) is 0 Å². The molecule has 0 rings (SSSR count). The van der Waals surface area contributed by atoms with Crippen LogP contribution in [0.3, 0.4) is 0 Å². The van der Waals surface area contributed by atoms with Gasteiger partial charge in [-0.05, 0) is 0 Å². The third kappa shape index (κ3) is 6.10. The highest BCUT2D eigenvalue weighted by Crippen LogP contribution is 2.04. The van der Waals surface area contributed by atoms with Crippen molar-refractivity contribution in [3.05, 3.63) is 0 Å². The molecule has 0 saturated heterocycles. The number of quaternary nitrogens is 1. The molecular weight excluding hydrogens is 299 g/mol. The summed E-state index contributed by atoms with van der Waals surface area (Å²) in [6.07, 6.45) is 0. The molecule has 5 nitrogen and oxygen atoms in total. The van der Waals surface area contributed by atoms with Gasteiger partial charge in [-0.15, -0.1) is 0 Å².